The van der Waals surface area contributed by atoms with Gasteiger partial charge in [-0.2, -0.15) is 0 Å². The highest BCUT2D eigenvalue weighted by Gasteiger charge is 2.24. The molecule has 4 nitrogen and oxygen atoms in total. The summed E-state index contributed by atoms with van der Waals surface area (Å²) in [6.45, 7) is 0. The monoisotopic (exact) mass is 271 g/mol. The van der Waals surface area contributed by atoms with Crippen molar-refractivity contribution in [3.8, 4) is 5.75 Å². The molecule has 0 amide bonds. The van der Waals surface area contributed by atoms with Gasteiger partial charge in [0.15, 0.2) is 6.04 Å². The zero-order valence-electron chi connectivity index (χ0n) is 11.5. The topological polar surface area (TPSA) is 49.8 Å². The molecule has 1 unspecified atom stereocenters. The molecule has 2 aromatic rings. The maximum absolute atomic E-state index is 11.6. The molecule has 2 rings (SSSR count). The summed E-state index contributed by atoms with van der Waals surface area (Å²) in [5, 5.41) is 9.51. The van der Waals surface area contributed by atoms with Crippen molar-refractivity contribution in [3.63, 3.8) is 0 Å². The van der Waals surface area contributed by atoms with Gasteiger partial charge in [-0.15, -0.1) is 0 Å². The normalized spacial score (nSPS) is 11.7. The molecular formula is C16H17NO3. The second-order valence-corrected chi connectivity index (χ2v) is 4.46. The first-order valence-electron chi connectivity index (χ1n) is 6.28. The molecule has 0 saturated heterocycles. The molecule has 0 bridgehead atoms. The van der Waals surface area contributed by atoms with E-state index < -0.39 is 12.0 Å². The van der Waals surface area contributed by atoms with Crippen molar-refractivity contribution in [2.24, 2.45) is 0 Å². The minimum Gasteiger partial charge on any atom is -0.497 e. The Morgan fingerprint density at radius 2 is 1.70 bits per heavy atom. The van der Waals surface area contributed by atoms with Crippen LogP contribution in [0.4, 0.5) is 5.69 Å². The standard InChI is InChI=1S/C16H17NO3/c1-17(13-6-4-3-5-7-13)15(16(18)19)12-8-10-14(20-2)11-9-12/h3-11,15H,1-2H3,(H,18,19). The fourth-order valence-electron chi connectivity index (χ4n) is 2.13. The van der Waals surface area contributed by atoms with E-state index in [1.165, 1.54) is 0 Å². The molecule has 20 heavy (non-hydrogen) atoms. The van der Waals surface area contributed by atoms with Gasteiger partial charge in [-0.05, 0) is 29.8 Å². The lowest BCUT2D eigenvalue weighted by Gasteiger charge is -2.27. The van der Waals surface area contributed by atoms with E-state index in [0.29, 0.717) is 11.3 Å². The average Bonchev–Trinajstić information content (AvgIpc) is 2.48. The quantitative estimate of drug-likeness (QED) is 0.908. The summed E-state index contributed by atoms with van der Waals surface area (Å²) in [6.07, 6.45) is 0. The molecule has 0 aliphatic heterocycles. The third kappa shape index (κ3) is 2.91. The van der Waals surface area contributed by atoms with Crippen LogP contribution in [-0.2, 0) is 4.79 Å². The second kappa shape index (κ2) is 6.10. The van der Waals surface area contributed by atoms with Crippen LogP contribution in [0.1, 0.15) is 11.6 Å². The average molecular weight is 271 g/mol. The first kappa shape index (κ1) is 13.9. The number of methoxy groups -OCH3 is 1. The van der Waals surface area contributed by atoms with E-state index in [2.05, 4.69) is 0 Å². The van der Waals surface area contributed by atoms with E-state index in [-0.39, 0.29) is 0 Å². The van der Waals surface area contributed by atoms with Gasteiger partial charge in [-0.25, -0.2) is 4.79 Å². The first-order chi connectivity index (χ1) is 9.63. The van der Waals surface area contributed by atoms with Crippen molar-refractivity contribution < 1.29 is 14.6 Å². The predicted molar refractivity (Wildman–Crippen MR) is 78.2 cm³/mol. The number of carboxylic acids is 1. The number of rotatable bonds is 5. The van der Waals surface area contributed by atoms with Crippen molar-refractivity contribution in [1.82, 2.24) is 0 Å². The Hall–Kier alpha value is -2.49. The van der Waals surface area contributed by atoms with E-state index in [1.807, 2.05) is 30.3 Å². The van der Waals surface area contributed by atoms with Crippen LogP contribution in [0.5, 0.6) is 5.75 Å². The summed E-state index contributed by atoms with van der Waals surface area (Å²) in [6, 6.07) is 15.8. The predicted octanol–water partition coefficient (Wildman–Crippen LogP) is 2.96. The molecule has 0 fully saturated rings. The number of anilines is 1. The molecule has 0 aromatic heterocycles. The van der Waals surface area contributed by atoms with Crippen LogP contribution in [0, 0.1) is 0 Å². The molecule has 4 heteroatoms. The molecule has 0 aliphatic rings. The third-order valence-electron chi connectivity index (χ3n) is 3.22. The van der Waals surface area contributed by atoms with Gasteiger partial charge in [0.05, 0.1) is 7.11 Å². The summed E-state index contributed by atoms with van der Waals surface area (Å²) in [5.41, 5.74) is 1.57. The van der Waals surface area contributed by atoms with Gasteiger partial charge in [0.2, 0.25) is 0 Å². The van der Waals surface area contributed by atoms with Crippen LogP contribution in [0.2, 0.25) is 0 Å². The number of hydrogen-bond donors (Lipinski definition) is 1. The smallest absolute Gasteiger partial charge is 0.331 e. The summed E-state index contributed by atoms with van der Waals surface area (Å²) in [5.74, 6) is -0.179. The Labute approximate surface area is 118 Å². The van der Waals surface area contributed by atoms with E-state index in [1.54, 1.807) is 43.3 Å². The van der Waals surface area contributed by atoms with Crippen molar-refractivity contribution in [2.45, 2.75) is 6.04 Å². The van der Waals surface area contributed by atoms with Crippen LogP contribution in [0.3, 0.4) is 0 Å². The highest BCUT2D eigenvalue weighted by atomic mass is 16.5. The summed E-state index contributed by atoms with van der Waals surface area (Å²) < 4.78 is 5.09. The Morgan fingerprint density at radius 1 is 1.10 bits per heavy atom. The second-order valence-electron chi connectivity index (χ2n) is 4.46. The molecule has 0 radical (unpaired) electrons. The number of para-hydroxylation sites is 1. The maximum Gasteiger partial charge on any atom is 0.331 e. The minimum atomic E-state index is -0.887. The zero-order chi connectivity index (χ0) is 14.5. The lowest BCUT2D eigenvalue weighted by molar-refractivity contribution is -0.138. The highest BCUT2D eigenvalue weighted by Crippen LogP contribution is 2.27. The number of carbonyl (C=O) groups is 1. The molecule has 2 aromatic carbocycles. The molecule has 0 spiro atoms. The summed E-state index contributed by atoms with van der Waals surface area (Å²) in [7, 11) is 3.36. The minimum absolute atomic E-state index is 0.709. The third-order valence-corrected chi connectivity index (χ3v) is 3.22. The molecule has 1 N–H and O–H groups in total. The molecule has 104 valence electrons. The number of hydrogen-bond acceptors (Lipinski definition) is 3. The molecular weight excluding hydrogens is 254 g/mol. The van der Waals surface area contributed by atoms with Crippen LogP contribution in [-0.4, -0.2) is 25.2 Å². The molecule has 0 heterocycles. The fourth-order valence-corrected chi connectivity index (χ4v) is 2.13. The van der Waals surface area contributed by atoms with Gasteiger partial charge in [-0.1, -0.05) is 30.3 Å². The molecule has 0 saturated carbocycles. The van der Waals surface area contributed by atoms with E-state index >= 15 is 0 Å². The first-order valence-corrected chi connectivity index (χ1v) is 6.28. The SMILES string of the molecule is COc1ccc(C(C(=O)O)N(C)c2ccccc2)cc1. The van der Waals surface area contributed by atoms with Gasteiger partial charge >= 0.3 is 5.97 Å². The number of carboxylic acid groups (broad SMARTS) is 1. The zero-order valence-corrected chi connectivity index (χ0v) is 11.5. The largest absolute Gasteiger partial charge is 0.497 e. The van der Waals surface area contributed by atoms with Crippen LogP contribution in [0.25, 0.3) is 0 Å². The Balaban J connectivity index is 2.33. The molecule has 1 atom stereocenters. The van der Waals surface area contributed by atoms with Crippen molar-refractivity contribution >= 4 is 11.7 Å². The fraction of sp³-hybridized carbons (Fsp3) is 0.188. The van der Waals surface area contributed by atoms with Gasteiger partial charge < -0.3 is 14.7 Å². The lowest BCUT2D eigenvalue weighted by Crippen LogP contribution is -2.30. The van der Waals surface area contributed by atoms with E-state index in [0.717, 1.165) is 5.69 Å². The Bertz CT molecular complexity index is 566. The Kier molecular flexibility index (Phi) is 4.25. The summed E-state index contributed by atoms with van der Waals surface area (Å²) >= 11 is 0. The van der Waals surface area contributed by atoms with Crippen LogP contribution in [0.15, 0.2) is 54.6 Å². The van der Waals surface area contributed by atoms with E-state index in [9.17, 15) is 9.90 Å². The van der Waals surface area contributed by atoms with E-state index in [4.69, 9.17) is 4.74 Å². The van der Waals surface area contributed by atoms with Crippen LogP contribution >= 0.6 is 0 Å². The highest BCUT2D eigenvalue weighted by molar-refractivity contribution is 5.80. The maximum atomic E-state index is 11.6. The van der Waals surface area contributed by atoms with Crippen LogP contribution < -0.4 is 9.64 Å². The lowest BCUT2D eigenvalue weighted by atomic mass is 10.0. The van der Waals surface area contributed by atoms with Gasteiger partial charge in [0.25, 0.3) is 0 Å². The van der Waals surface area contributed by atoms with Crippen molar-refractivity contribution in [3.05, 3.63) is 60.2 Å². The van der Waals surface area contributed by atoms with Crippen molar-refractivity contribution in [1.29, 1.82) is 0 Å². The molecule has 0 aliphatic carbocycles. The number of aliphatic carboxylic acids is 1. The Morgan fingerprint density at radius 3 is 2.20 bits per heavy atom. The van der Waals surface area contributed by atoms with Crippen molar-refractivity contribution in [2.75, 3.05) is 19.1 Å². The number of ether oxygens (including phenoxy) is 1. The summed E-state index contributed by atoms with van der Waals surface area (Å²) in [4.78, 5) is 13.3. The number of benzene rings is 2. The number of nitrogens with zero attached hydrogens (tertiary/aromatic N) is 1. The van der Waals surface area contributed by atoms with Gasteiger partial charge in [0.1, 0.15) is 5.75 Å². The van der Waals surface area contributed by atoms with Gasteiger partial charge in [-0.3, -0.25) is 0 Å². The number of likely N-dealkylation sites (N-methyl/N-ethyl adjacent to an activating group) is 1. The van der Waals surface area contributed by atoms with Gasteiger partial charge in [0, 0.05) is 12.7 Å².